The molecule has 0 fully saturated rings. The lowest BCUT2D eigenvalue weighted by Crippen LogP contribution is -2.33. The molecule has 1 heterocycles. The summed E-state index contributed by atoms with van der Waals surface area (Å²) >= 11 is 0. The molecular weight excluding hydrogens is 266 g/mol. The first kappa shape index (κ1) is 13.5. The van der Waals surface area contributed by atoms with Crippen LogP contribution in [0, 0.1) is 6.92 Å². The number of aliphatic hydroxyl groups excluding tert-OH is 1. The van der Waals surface area contributed by atoms with E-state index >= 15 is 0 Å². The summed E-state index contributed by atoms with van der Waals surface area (Å²) in [6.07, 6.45) is -0.882. The molecule has 0 aromatic heterocycles. The van der Waals surface area contributed by atoms with Crippen molar-refractivity contribution >= 4 is 11.8 Å². The number of carbonyl (C=O) groups excluding carboxylic acids is 2. The number of aliphatic hydroxyl groups is 1. The Bertz CT molecular complexity index is 671. The Morgan fingerprint density at radius 3 is 2.00 bits per heavy atom. The predicted octanol–water partition coefficient (Wildman–Crippen LogP) is 2.32. The van der Waals surface area contributed by atoms with Gasteiger partial charge < -0.3 is 5.11 Å². The molecule has 4 heteroatoms. The third-order valence-corrected chi connectivity index (χ3v) is 3.70. The molecule has 2 aromatic rings. The van der Waals surface area contributed by atoms with Gasteiger partial charge in [0.2, 0.25) is 0 Å². The fraction of sp³-hybridized carbons (Fsp3) is 0.176. The van der Waals surface area contributed by atoms with Crippen LogP contribution in [-0.4, -0.2) is 28.4 Å². The molecule has 0 spiro atoms. The molecule has 3 rings (SSSR count). The van der Waals surface area contributed by atoms with Crippen molar-refractivity contribution in [3.05, 3.63) is 70.8 Å². The summed E-state index contributed by atoms with van der Waals surface area (Å²) < 4.78 is 0. The quantitative estimate of drug-likeness (QED) is 0.878. The van der Waals surface area contributed by atoms with E-state index in [2.05, 4.69) is 0 Å². The summed E-state index contributed by atoms with van der Waals surface area (Å²) in [4.78, 5) is 25.6. The zero-order chi connectivity index (χ0) is 15.0. The SMILES string of the molecule is Cc1ccc([C@@H](O)CN2C(=O)c3ccccc3C2=O)cc1. The molecule has 1 aliphatic rings. The molecule has 4 nitrogen and oxygen atoms in total. The van der Waals surface area contributed by atoms with E-state index < -0.39 is 6.10 Å². The van der Waals surface area contributed by atoms with Gasteiger partial charge in [0, 0.05) is 0 Å². The molecule has 21 heavy (non-hydrogen) atoms. The van der Waals surface area contributed by atoms with Crippen molar-refractivity contribution in [1.29, 1.82) is 0 Å². The molecule has 0 bridgehead atoms. The number of rotatable bonds is 3. The van der Waals surface area contributed by atoms with Crippen molar-refractivity contribution in [2.45, 2.75) is 13.0 Å². The molecule has 2 aromatic carbocycles. The van der Waals surface area contributed by atoms with Gasteiger partial charge in [0.15, 0.2) is 0 Å². The largest absolute Gasteiger partial charge is 0.387 e. The van der Waals surface area contributed by atoms with Crippen LogP contribution >= 0.6 is 0 Å². The zero-order valence-corrected chi connectivity index (χ0v) is 11.6. The number of fused-ring (bicyclic) bond motifs is 1. The van der Waals surface area contributed by atoms with E-state index in [4.69, 9.17) is 0 Å². The second-order valence-electron chi connectivity index (χ2n) is 5.19. The number of β-amino-alcohol motifs (C(OH)–C–C–N with tert-alkyl or cyclic N) is 1. The summed E-state index contributed by atoms with van der Waals surface area (Å²) in [5, 5.41) is 10.2. The third-order valence-electron chi connectivity index (χ3n) is 3.70. The minimum absolute atomic E-state index is 0.0323. The Kier molecular flexibility index (Phi) is 3.31. The van der Waals surface area contributed by atoms with Gasteiger partial charge >= 0.3 is 0 Å². The van der Waals surface area contributed by atoms with E-state index in [-0.39, 0.29) is 18.4 Å². The van der Waals surface area contributed by atoms with E-state index in [1.807, 2.05) is 19.1 Å². The van der Waals surface area contributed by atoms with Crippen molar-refractivity contribution in [2.75, 3.05) is 6.54 Å². The fourth-order valence-corrected chi connectivity index (χ4v) is 2.47. The second kappa shape index (κ2) is 5.14. The molecule has 0 saturated carbocycles. The van der Waals surface area contributed by atoms with E-state index in [0.29, 0.717) is 16.7 Å². The summed E-state index contributed by atoms with van der Waals surface area (Å²) in [7, 11) is 0. The monoisotopic (exact) mass is 281 g/mol. The Labute approximate surface area is 122 Å². The molecule has 0 aliphatic carbocycles. The lowest BCUT2D eigenvalue weighted by Gasteiger charge is -2.18. The minimum Gasteiger partial charge on any atom is -0.387 e. The lowest BCUT2D eigenvalue weighted by atomic mass is 10.1. The smallest absolute Gasteiger partial charge is 0.261 e. The van der Waals surface area contributed by atoms with Crippen LogP contribution in [0.5, 0.6) is 0 Å². The number of amides is 2. The van der Waals surface area contributed by atoms with Crippen molar-refractivity contribution < 1.29 is 14.7 Å². The topological polar surface area (TPSA) is 57.6 Å². The van der Waals surface area contributed by atoms with E-state index in [9.17, 15) is 14.7 Å². The Morgan fingerprint density at radius 2 is 1.48 bits per heavy atom. The van der Waals surface area contributed by atoms with Crippen molar-refractivity contribution in [3.63, 3.8) is 0 Å². The van der Waals surface area contributed by atoms with Gasteiger partial charge in [0.25, 0.3) is 11.8 Å². The van der Waals surface area contributed by atoms with Gasteiger partial charge in [0.05, 0.1) is 23.8 Å². The molecule has 1 aliphatic heterocycles. The van der Waals surface area contributed by atoms with Crippen LogP contribution in [-0.2, 0) is 0 Å². The van der Waals surface area contributed by atoms with Crippen LogP contribution in [0.25, 0.3) is 0 Å². The first-order chi connectivity index (χ1) is 10.1. The molecule has 1 N–H and O–H groups in total. The average Bonchev–Trinajstić information content (AvgIpc) is 2.73. The predicted molar refractivity (Wildman–Crippen MR) is 77.9 cm³/mol. The number of hydrogen-bond acceptors (Lipinski definition) is 3. The van der Waals surface area contributed by atoms with Crippen LogP contribution in [0.3, 0.4) is 0 Å². The van der Waals surface area contributed by atoms with Crippen LogP contribution in [0.15, 0.2) is 48.5 Å². The van der Waals surface area contributed by atoms with E-state index in [0.717, 1.165) is 10.5 Å². The van der Waals surface area contributed by atoms with Gasteiger partial charge in [-0.2, -0.15) is 0 Å². The van der Waals surface area contributed by atoms with Gasteiger partial charge in [-0.1, -0.05) is 42.0 Å². The highest BCUT2D eigenvalue weighted by molar-refractivity contribution is 6.21. The number of nitrogens with zero attached hydrogens (tertiary/aromatic N) is 1. The van der Waals surface area contributed by atoms with Crippen LogP contribution in [0.1, 0.15) is 37.9 Å². The van der Waals surface area contributed by atoms with E-state index in [1.54, 1.807) is 36.4 Å². The van der Waals surface area contributed by atoms with Gasteiger partial charge in [-0.15, -0.1) is 0 Å². The molecule has 0 radical (unpaired) electrons. The third kappa shape index (κ3) is 2.34. The highest BCUT2D eigenvalue weighted by atomic mass is 16.3. The van der Waals surface area contributed by atoms with Crippen LogP contribution in [0.2, 0.25) is 0 Å². The highest BCUT2D eigenvalue weighted by Gasteiger charge is 2.36. The molecule has 0 saturated heterocycles. The average molecular weight is 281 g/mol. The first-order valence-corrected chi connectivity index (χ1v) is 6.78. The maximum absolute atomic E-state index is 12.2. The Hall–Kier alpha value is -2.46. The van der Waals surface area contributed by atoms with Gasteiger partial charge in [-0.25, -0.2) is 0 Å². The summed E-state index contributed by atoms with van der Waals surface area (Å²) in [5.41, 5.74) is 2.58. The van der Waals surface area contributed by atoms with Crippen molar-refractivity contribution in [3.8, 4) is 0 Å². The first-order valence-electron chi connectivity index (χ1n) is 6.78. The molecular formula is C17H15NO3. The fourth-order valence-electron chi connectivity index (χ4n) is 2.47. The maximum Gasteiger partial charge on any atom is 0.261 e. The van der Waals surface area contributed by atoms with Crippen molar-refractivity contribution in [1.82, 2.24) is 4.90 Å². The molecule has 2 amide bonds. The summed E-state index contributed by atoms with van der Waals surface area (Å²) in [5.74, 6) is -0.691. The highest BCUT2D eigenvalue weighted by Crippen LogP contribution is 2.25. The second-order valence-corrected chi connectivity index (χ2v) is 5.19. The Morgan fingerprint density at radius 1 is 0.952 bits per heavy atom. The molecule has 0 unspecified atom stereocenters. The van der Waals surface area contributed by atoms with Gasteiger partial charge in [0.1, 0.15) is 0 Å². The number of aryl methyl sites for hydroxylation is 1. The van der Waals surface area contributed by atoms with Gasteiger partial charge in [-0.3, -0.25) is 14.5 Å². The summed E-state index contributed by atoms with van der Waals surface area (Å²) in [6.45, 7) is 1.93. The van der Waals surface area contributed by atoms with Crippen molar-refractivity contribution in [2.24, 2.45) is 0 Å². The number of benzene rings is 2. The number of imide groups is 1. The standard InChI is InChI=1S/C17H15NO3/c1-11-6-8-12(9-7-11)15(19)10-18-16(20)13-4-2-3-5-14(13)17(18)21/h2-9,15,19H,10H2,1H3/t15-/m0/s1. The van der Waals surface area contributed by atoms with Gasteiger partial charge in [-0.05, 0) is 24.6 Å². The maximum atomic E-state index is 12.2. The number of hydrogen-bond donors (Lipinski definition) is 1. The minimum atomic E-state index is -0.882. The normalized spacial score (nSPS) is 15.2. The Balaban J connectivity index is 1.82. The summed E-state index contributed by atoms with van der Waals surface area (Å²) in [6, 6.07) is 14.1. The molecule has 106 valence electrons. The van der Waals surface area contributed by atoms with Crippen LogP contribution in [0.4, 0.5) is 0 Å². The van der Waals surface area contributed by atoms with E-state index in [1.165, 1.54) is 0 Å². The lowest BCUT2D eigenvalue weighted by molar-refractivity contribution is 0.0543. The zero-order valence-electron chi connectivity index (χ0n) is 11.6. The van der Waals surface area contributed by atoms with Crippen LogP contribution < -0.4 is 0 Å². The molecule has 1 atom stereocenters. The number of carbonyl (C=O) groups is 2.